The van der Waals surface area contributed by atoms with Crippen molar-refractivity contribution in [2.75, 3.05) is 7.05 Å². The van der Waals surface area contributed by atoms with Gasteiger partial charge in [-0.25, -0.2) is 13.9 Å². The maximum absolute atomic E-state index is 15.3. The second-order valence-electron chi connectivity index (χ2n) is 11.5. The van der Waals surface area contributed by atoms with E-state index in [0.717, 1.165) is 5.56 Å². The molecule has 2 atom stereocenters. The van der Waals surface area contributed by atoms with Crippen LogP contribution in [0.15, 0.2) is 42.9 Å². The molecule has 2 aliphatic carbocycles. The van der Waals surface area contributed by atoms with Crippen molar-refractivity contribution in [3.05, 3.63) is 76.8 Å². The van der Waals surface area contributed by atoms with Gasteiger partial charge in [0.15, 0.2) is 0 Å². The van der Waals surface area contributed by atoms with Gasteiger partial charge in [-0.3, -0.25) is 9.78 Å². The molecule has 0 unspecified atom stereocenters. The molecule has 0 radical (unpaired) electrons. The van der Waals surface area contributed by atoms with Crippen molar-refractivity contribution in [1.82, 2.24) is 24.5 Å². The first kappa shape index (κ1) is 25.5. The van der Waals surface area contributed by atoms with Crippen LogP contribution < -0.4 is 10.5 Å². The summed E-state index contributed by atoms with van der Waals surface area (Å²) in [4.78, 5) is 23.7. The predicted molar refractivity (Wildman–Crippen MR) is 139 cm³/mol. The van der Waals surface area contributed by atoms with Gasteiger partial charge in [-0.1, -0.05) is 6.07 Å². The standard InChI is InChI=1S/C29H24F3N7O2/c1-28(12-33)10-29(34,11-28)25-17(30)6-14(9-35-25)18-8-19-23-16-7-20(24(23)37-39(19)13-36-18)38(2)26(40)15-4-3-5-21(22(15)16)41-27(31)32/h3-6,8-9,13,16,20,27H,7,10-11,34H2,1-2H3/t16-,20-,28?,29?/m1/s1. The minimum Gasteiger partial charge on any atom is -0.434 e. The Morgan fingerprint density at radius 1 is 1.22 bits per heavy atom. The first-order valence-electron chi connectivity index (χ1n) is 13.1. The Morgan fingerprint density at radius 2 is 2.00 bits per heavy atom. The number of aromatic nitrogens is 4. The van der Waals surface area contributed by atoms with Gasteiger partial charge in [-0.15, -0.1) is 0 Å². The molecule has 1 saturated carbocycles. The second kappa shape index (κ2) is 8.50. The number of alkyl halides is 2. The Balaban J connectivity index is 1.33. The van der Waals surface area contributed by atoms with Crippen molar-refractivity contribution < 1.29 is 22.7 Å². The van der Waals surface area contributed by atoms with Crippen molar-refractivity contribution in [2.24, 2.45) is 11.1 Å². The van der Waals surface area contributed by atoms with Crippen molar-refractivity contribution >= 4 is 11.4 Å². The van der Waals surface area contributed by atoms with E-state index < -0.39 is 29.3 Å². The number of halogens is 3. The zero-order valence-corrected chi connectivity index (χ0v) is 22.1. The summed E-state index contributed by atoms with van der Waals surface area (Å²) in [5.41, 5.74) is 8.51. The van der Waals surface area contributed by atoms with Gasteiger partial charge in [0.1, 0.15) is 17.9 Å². The maximum Gasteiger partial charge on any atom is 0.387 e. The molecule has 3 aliphatic rings. The fraction of sp³-hybridized carbons (Fsp3) is 0.345. The van der Waals surface area contributed by atoms with Gasteiger partial charge < -0.3 is 15.4 Å². The van der Waals surface area contributed by atoms with Crippen molar-refractivity contribution in [1.29, 1.82) is 5.26 Å². The van der Waals surface area contributed by atoms with E-state index in [1.54, 1.807) is 35.5 Å². The Morgan fingerprint density at radius 3 is 2.71 bits per heavy atom. The molecule has 0 spiro atoms. The lowest BCUT2D eigenvalue weighted by Gasteiger charge is -2.48. The molecule has 2 N–H and O–H groups in total. The number of nitrogens with zero attached hydrogens (tertiary/aromatic N) is 6. The van der Waals surface area contributed by atoms with Crippen LogP contribution in [0.1, 0.15) is 71.0 Å². The number of rotatable bonds is 4. The smallest absolute Gasteiger partial charge is 0.387 e. The van der Waals surface area contributed by atoms with Crippen LogP contribution in [0, 0.1) is 22.6 Å². The normalized spacial score (nSPS) is 26.4. The summed E-state index contributed by atoms with van der Waals surface area (Å²) >= 11 is 0. The molecule has 3 aromatic heterocycles. The molecule has 12 heteroatoms. The average molecular weight is 560 g/mol. The highest BCUT2D eigenvalue weighted by Crippen LogP contribution is 2.54. The fourth-order valence-corrected chi connectivity index (χ4v) is 6.96. The van der Waals surface area contributed by atoms with Crippen LogP contribution >= 0.6 is 0 Å². The molecule has 9 nitrogen and oxygen atoms in total. The summed E-state index contributed by atoms with van der Waals surface area (Å²) in [6, 6.07) is 9.52. The predicted octanol–water partition coefficient (Wildman–Crippen LogP) is 4.67. The molecule has 41 heavy (non-hydrogen) atoms. The van der Waals surface area contributed by atoms with Gasteiger partial charge in [0.25, 0.3) is 5.91 Å². The van der Waals surface area contributed by atoms with Gasteiger partial charge in [-0.05, 0) is 50.5 Å². The van der Waals surface area contributed by atoms with E-state index in [-0.39, 0.29) is 23.4 Å². The van der Waals surface area contributed by atoms with E-state index >= 15 is 4.39 Å². The van der Waals surface area contributed by atoms with Crippen molar-refractivity contribution in [3.63, 3.8) is 0 Å². The van der Waals surface area contributed by atoms with Gasteiger partial charge in [0.05, 0.1) is 45.7 Å². The van der Waals surface area contributed by atoms with E-state index in [1.807, 2.05) is 0 Å². The average Bonchev–Trinajstić information content (AvgIpc) is 3.44. The van der Waals surface area contributed by atoms with E-state index in [4.69, 9.17) is 15.6 Å². The third-order valence-electron chi connectivity index (χ3n) is 8.66. The van der Waals surface area contributed by atoms with Crippen LogP contribution in [0.2, 0.25) is 0 Å². The summed E-state index contributed by atoms with van der Waals surface area (Å²) in [6.07, 6.45) is 4.08. The Bertz CT molecular complexity index is 1810. The van der Waals surface area contributed by atoms with Crippen LogP contribution in [-0.4, -0.2) is 44.0 Å². The van der Waals surface area contributed by atoms with Gasteiger partial charge in [0, 0.05) is 41.4 Å². The number of nitriles is 1. The molecule has 1 amide bonds. The monoisotopic (exact) mass is 559 g/mol. The van der Waals surface area contributed by atoms with E-state index in [2.05, 4.69) is 16.0 Å². The summed E-state index contributed by atoms with van der Waals surface area (Å²) in [7, 11) is 1.67. The topological polar surface area (TPSA) is 122 Å². The van der Waals surface area contributed by atoms with Crippen LogP contribution in [0.25, 0.3) is 16.8 Å². The Hall–Kier alpha value is -4.50. The lowest BCUT2D eigenvalue weighted by Crippen LogP contribution is -2.54. The highest BCUT2D eigenvalue weighted by molar-refractivity contribution is 5.98. The number of amides is 1. The van der Waals surface area contributed by atoms with Crippen LogP contribution in [0.4, 0.5) is 13.2 Å². The molecule has 1 aromatic carbocycles. The van der Waals surface area contributed by atoms with Gasteiger partial charge >= 0.3 is 6.61 Å². The summed E-state index contributed by atoms with van der Waals surface area (Å²) in [5, 5.41) is 14.0. The summed E-state index contributed by atoms with van der Waals surface area (Å²) < 4.78 is 48.5. The molecule has 0 saturated heterocycles. The largest absolute Gasteiger partial charge is 0.434 e. The summed E-state index contributed by atoms with van der Waals surface area (Å²) in [5.74, 6) is -1.37. The molecule has 4 aromatic rings. The lowest BCUT2D eigenvalue weighted by atomic mass is 9.58. The number of hydrogen-bond donors (Lipinski definition) is 1. The third-order valence-corrected chi connectivity index (χ3v) is 8.66. The molecule has 2 bridgehead atoms. The Labute approximate surface area is 232 Å². The minimum absolute atomic E-state index is 0.0487. The first-order chi connectivity index (χ1) is 19.5. The highest BCUT2D eigenvalue weighted by atomic mass is 19.3. The number of hydrogen-bond acceptors (Lipinski definition) is 7. The highest BCUT2D eigenvalue weighted by Gasteiger charge is 2.53. The van der Waals surface area contributed by atoms with Crippen LogP contribution in [-0.2, 0) is 5.54 Å². The Kier molecular flexibility index (Phi) is 5.28. The number of benzene rings is 1. The minimum atomic E-state index is -3.06. The quantitative estimate of drug-likeness (QED) is 0.386. The first-order valence-corrected chi connectivity index (χ1v) is 13.1. The van der Waals surface area contributed by atoms with Crippen LogP contribution in [0.3, 0.4) is 0 Å². The van der Waals surface area contributed by atoms with E-state index in [9.17, 15) is 18.8 Å². The summed E-state index contributed by atoms with van der Waals surface area (Å²) in [6.45, 7) is -1.26. The molecule has 1 fully saturated rings. The number of ether oxygens (including phenoxy) is 1. The molecule has 208 valence electrons. The number of carbonyl (C=O) groups excluding carboxylic acids is 1. The van der Waals surface area contributed by atoms with E-state index in [1.165, 1.54) is 30.7 Å². The number of nitrogens with two attached hydrogens (primary N) is 1. The lowest BCUT2D eigenvalue weighted by molar-refractivity contribution is -0.0505. The zero-order valence-electron chi connectivity index (χ0n) is 22.1. The fourth-order valence-electron chi connectivity index (χ4n) is 6.96. The number of carbonyl (C=O) groups is 1. The SMILES string of the molecule is CN1C(=O)c2cccc(OC(F)F)c2[C@H]2C[C@@H]1c1nn3cnc(-c4cnc(C5(N)CC(C)(C#N)C5)c(F)c4)cc3c12. The molecular formula is C29H24F3N7O2. The number of pyridine rings is 1. The van der Waals surface area contributed by atoms with Crippen molar-refractivity contribution in [3.8, 4) is 23.1 Å². The van der Waals surface area contributed by atoms with Gasteiger partial charge in [0.2, 0.25) is 0 Å². The number of fused-ring (bicyclic) bond motifs is 9. The van der Waals surface area contributed by atoms with Crippen molar-refractivity contribution in [2.45, 2.75) is 50.3 Å². The molecular weight excluding hydrogens is 535 g/mol. The van der Waals surface area contributed by atoms with Crippen LogP contribution in [0.5, 0.6) is 5.75 Å². The molecule has 1 aliphatic heterocycles. The second-order valence-corrected chi connectivity index (χ2v) is 11.5. The van der Waals surface area contributed by atoms with E-state index in [0.29, 0.717) is 52.9 Å². The van der Waals surface area contributed by atoms with Gasteiger partial charge in [-0.2, -0.15) is 19.1 Å². The third kappa shape index (κ3) is 3.65. The molecule has 7 rings (SSSR count). The zero-order chi connectivity index (χ0) is 28.8. The maximum atomic E-state index is 15.3. The molecule has 4 heterocycles.